The second-order valence-corrected chi connectivity index (χ2v) is 5.94. The van der Waals surface area contributed by atoms with Gasteiger partial charge in [-0.3, -0.25) is 11.3 Å². The molecule has 0 saturated carbocycles. The van der Waals surface area contributed by atoms with Gasteiger partial charge in [0.2, 0.25) is 0 Å². The fourth-order valence-corrected chi connectivity index (χ4v) is 2.27. The van der Waals surface area contributed by atoms with Gasteiger partial charge in [-0.15, -0.1) is 0 Å². The molecule has 0 heterocycles. The summed E-state index contributed by atoms with van der Waals surface area (Å²) in [5, 5.41) is 0. The summed E-state index contributed by atoms with van der Waals surface area (Å²) in [7, 11) is 1.77. The topological polar surface area (TPSA) is 47.3 Å². The van der Waals surface area contributed by atoms with E-state index in [1.54, 1.807) is 7.11 Å². The van der Waals surface area contributed by atoms with Crippen molar-refractivity contribution in [2.45, 2.75) is 90.2 Å². The number of methoxy groups -OCH3 is 1. The van der Waals surface area contributed by atoms with Gasteiger partial charge < -0.3 is 4.74 Å². The Morgan fingerprint density at radius 2 is 1.61 bits per heavy atom. The predicted molar refractivity (Wildman–Crippen MR) is 79.4 cm³/mol. The monoisotopic (exact) mass is 258 g/mol. The Hall–Kier alpha value is -0.120. The quantitative estimate of drug-likeness (QED) is 0.318. The molecule has 0 rings (SSSR count). The van der Waals surface area contributed by atoms with Crippen molar-refractivity contribution >= 4 is 0 Å². The Bertz CT molecular complexity index is 183. The average molecular weight is 258 g/mol. The molecule has 3 heteroatoms. The van der Waals surface area contributed by atoms with E-state index >= 15 is 0 Å². The third-order valence-electron chi connectivity index (χ3n) is 3.68. The molecule has 3 N–H and O–H groups in total. The predicted octanol–water partition coefficient (Wildman–Crippen LogP) is 3.77. The molecule has 110 valence electrons. The number of hydrogen-bond acceptors (Lipinski definition) is 3. The Kier molecular flexibility index (Phi) is 10.7. The van der Waals surface area contributed by atoms with Crippen LogP contribution < -0.4 is 11.3 Å². The molecular weight excluding hydrogens is 224 g/mol. The first-order chi connectivity index (χ1) is 8.55. The summed E-state index contributed by atoms with van der Waals surface area (Å²) in [5.74, 6) is 5.61. The first-order valence-corrected chi connectivity index (χ1v) is 7.57. The zero-order chi connectivity index (χ0) is 13.9. The molecular formula is C15H34N2O. The van der Waals surface area contributed by atoms with Gasteiger partial charge in [0.1, 0.15) is 0 Å². The second-order valence-electron chi connectivity index (χ2n) is 5.94. The highest BCUT2D eigenvalue weighted by atomic mass is 16.5. The van der Waals surface area contributed by atoms with Crippen molar-refractivity contribution in [3.8, 4) is 0 Å². The molecule has 0 aromatic rings. The number of nitrogens with one attached hydrogen (secondary N) is 1. The number of rotatable bonds is 12. The van der Waals surface area contributed by atoms with Crippen LogP contribution in [0.2, 0.25) is 0 Å². The van der Waals surface area contributed by atoms with Gasteiger partial charge in [0, 0.05) is 13.2 Å². The van der Waals surface area contributed by atoms with Crippen LogP contribution in [-0.4, -0.2) is 18.8 Å². The minimum atomic E-state index is -0.0852. The highest BCUT2D eigenvalue weighted by Crippen LogP contribution is 2.19. The van der Waals surface area contributed by atoms with E-state index in [9.17, 15) is 0 Å². The lowest BCUT2D eigenvalue weighted by Gasteiger charge is -2.28. The summed E-state index contributed by atoms with van der Waals surface area (Å²) in [6.07, 6.45) is 11.6. The molecule has 0 amide bonds. The molecule has 1 unspecified atom stereocenters. The number of nitrogens with two attached hydrogens (primary N) is 1. The van der Waals surface area contributed by atoms with E-state index < -0.39 is 0 Å². The lowest BCUT2D eigenvalue weighted by molar-refractivity contribution is 0.00616. The molecule has 0 aliphatic carbocycles. The van der Waals surface area contributed by atoms with Crippen LogP contribution in [0, 0.1) is 0 Å². The lowest BCUT2D eigenvalue weighted by Crippen LogP contribution is -2.41. The molecule has 18 heavy (non-hydrogen) atoms. The van der Waals surface area contributed by atoms with Crippen LogP contribution in [0.15, 0.2) is 0 Å². The Morgan fingerprint density at radius 1 is 1.06 bits per heavy atom. The van der Waals surface area contributed by atoms with Crippen LogP contribution in [0.25, 0.3) is 0 Å². The number of hydrazine groups is 1. The number of ether oxygens (including phenoxy) is 1. The first kappa shape index (κ1) is 17.9. The van der Waals surface area contributed by atoms with Crippen molar-refractivity contribution in [3.05, 3.63) is 0 Å². The molecule has 0 fully saturated rings. The van der Waals surface area contributed by atoms with E-state index in [4.69, 9.17) is 10.6 Å². The van der Waals surface area contributed by atoms with Crippen LogP contribution in [0.4, 0.5) is 0 Å². The van der Waals surface area contributed by atoms with E-state index in [0.717, 1.165) is 12.8 Å². The summed E-state index contributed by atoms with van der Waals surface area (Å²) >= 11 is 0. The van der Waals surface area contributed by atoms with Gasteiger partial charge in [0.05, 0.1) is 5.60 Å². The second kappa shape index (κ2) is 10.8. The van der Waals surface area contributed by atoms with Gasteiger partial charge in [0.15, 0.2) is 0 Å². The molecule has 0 spiro atoms. The maximum atomic E-state index is 5.61. The molecule has 3 nitrogen and oxygen atoms in total. The van der Waals surface area contributed by atoms with Crippen LogP contribution >= 0.6 is 0 Å². The van der Waals surface area contributed by atoms with E-state index in [-0.39, 0.29) is 5.60 Å². The van der Waals surface area contributed by atoms with Crippen molar-refractivity contribution in [2.75, 3.05) is 7.11 Å². The van der Waals surface area contributed by atoms with E-state index in [1.165, 1.54) is 44.9 Å². The molecule has 0 aliphatic heterocycles. The van der Waals surface area contributed by atoms with E-state index in [2.05, 4.69) is 26.2 Å². The largest absolute Gasteiger partial charge is 0.379 e. The minimum absolute atomic E-state index is 0.0852. The smallest absolute Gasteiger partial charge is 0.0638 e. The third kappa shape index (κ3) is 9.86. The van der Waals surface area contributed by atoms with Gasteiger partial charge in [-0.2, -0.15) is 0 Å². The standard InChI is InChI=1S/C15H34N2O/c1-5-6-7-8-9-10-11-12-14(17-16)13-15(2,3)18-4/h14,17H,5-13,16H2,1-4H3. The lowest BCUT2D eigenvalue weighted by atomic mass is 9.95. The minimum Gasteiger partial charge on any atom is -0.379 e. The van der Waals surface area contributed by atoms with Crippen LogP contribution in [0.3, 0.4) is 0 Å². The normalized spacial score (nSPS) is 13.8. The van der Waals surface area contributed by atoms with Crippen LogP contribution in [0.1, 0.15) is 78.6 Å². The molecule has 0 bridgehead atoms. The van der Waals surface area contributed by atoms with Crippen molar-refractivity contribution < 1.29 is 4.74 Å². The Balaban J connectivity index is 3.56. The molecule has 0 radical (unpaired) electrons. The first-order valence-electron chi connectivity index (χ1n) is 7.57. The molecule has 1 atom stereocenters. The van der Waals surface area contributed by atoms with Crippen molar-refractivity contribution in [3.63, 3.8) is 0 Å². The Labute approximate surface area is 114 Å². The molecule has 0 saturated heterocycles. The molecule has 0 aromatic carbocycles. The molecule has 0 aliphatic rings. The average Bonchev–Trinajstić information content (AvgIpc) is 2.36. The van der Waals surface area contributed by atoms with Gasteiger partial charge in [-0.1, -0.05) is 51.9 Å². The van der Waals surface area contributed by atoms with Gasteiger partial charge in [0.25, 0.3) is 0 Å². The van der Waals surface area contributed by atoms with Crippen molar-refractivity contribution in [1.29, 1.82) is 0 Å². The summed E-state index contributed by atoms with van der Waals surface area (Å²) < 4.78 is 5.45. The summed E-state index contributed by atoms with van der Waals surface area (Å²) in [4.78, 5) is 0. The zero-order valence-electron chi connectivity index (χ0n) is 12.9. The van der Waals surface area contributed by atoms with E-state index in [0.29, 0.717) is 6.04 Å². The molecule has 0 aromatic heterocycles. The Morgan fingerprint density at radius 3 is 2.11 bits per heavy atom. The highest BCUT2D eigenvalue weighted by molar-refractivity contribution is 4.76. The highest BCUT2D eigenvalue weighted by Gasteiger charge is 2.21. The van der Waals surface area contributed by atoms with Gasteiger partial charge in [-0.05, 0) is 26.7 Å². The maximum absolute atomic E-state index is 5.61. The van der Waals surface area contributed by atoms with Crippen molar-refractivity contribution in [2.24, 2.45) is 5.84 Å². The van der Waals surface area contributed by atoms with Crippen LogP contribution in [0.5, 0.6) is 0 Å². The SMILES string of the molecule is CCCCCCCCCC(CC(C)(C)OC)NN. The third-order valence-corrected chi connectivity index (χ3v) is 3.68. The van der Waals surface area contributed by atoms with E-state index in [1.807, 2.05) is 0 Å². The van der Waals surface area contributed by atoms with Crippen LogP contribution in [-0.2, 0) is 4.74 Å². The van der Waals surface area contributed by atoms with Gasteiger partial charge >= 0.3 is 0 Å². The fourth-order valence-electron chi connectivity index (χ4n) is 2.27. The number of hydrogen-bond donors (Lipinski definition) is 2. The van der Waals surface area contributed by atoms with Gasteiger partial charge in [-0.25, -0.2) is 0 Å². The maximum Gasteiger partial charge on any atom is 0.0638 e. The summed E-state index contributed by atoms with van der Waals surface area (Å²) in [6, 6.07) is 0.371. The zero-order valence-corrected chi connectivity index (χ0v) is 12.9. The van der Waals surface area contributed by atoms with Crippen molar-refractivity contribution in [1.82, 2.24) is 5.43 Å². The fraction of sp³-hybridized carbons (Fsp3) is 1.00. The summed E-state index contributed by atoms with van der Waals surface area (Å²) in [5.41, 5.74) is 2.84. The number of unbranched alkanes of at least 4 members (excludes halogenated alkanes) is 6. The summed E-state index contributed by atoms with van der Waals surface area (Å²) in [6.45, 7) is 6.49.